The van der Waals surface area contributed by atoms with Gasteiger partial charge in [0.05, 0.1) is 4.92 Å². The topological polar surface area (TPSA) is 67.2 Å². The van der Waals surface area contributed by atoms with Crippen LogP contribution in [0.15, 0.2) is 48.5 Å². The van der Waals surface area contributed by atoms with E-state index in [0.717, 1.165) is 11.4 Å². The van der Waals surface area contributed by atoms with Gasteiger partial charge in [-0.3, -0.25) is 10.1 Å². The molecule has 0 radical (unpaired) electrons. The van der Waals surface area contributed by atoms with E-state index in [-0.39, 0.29) is 5.69 Å². The Bertz CT molecular complexity index is 552. The SMILES string of the molecule is CNc1ccc(Nc2ccccc2[N+](=O)[O-])cc1. The smallest absolute Gasteiger partial charge is 0.292 e. The highest BCUT2D eigenvalue weighted by atomic mass is 16.6. The molecule has 0 amide bonds. The molecular formula is C13H13N3O2. The first kappa shape index (κ1) is 11.9. The van der Waals surface area contributed by atoms with Gasteiger partial charge >= 0.3 is 0 Å². The van der Waals surface area contributed by atoms with Crippen molar-refractivity contribution in [2.24, 2.45) is 0 Å². The van der Waals surface area contributed by atoms with Crippen LogP contribution in [0.3, 0.4) is 0 Å². The van der Waals surface area contributed by atoms with Gasteiger partial charge in [0.15, 0.2) is 0 Å². The molecule has 0 heterocycles. The number of nitro groups is 1. The largest absolute Gasteiger partial charge is 0.388 e. The zero-order valence-electron chi connectivity index (χ0n) is 9.88. The number of anilines is 3. The summed E-state index contributed by atoms with van der Waals surface area (Å²) in [6, 6.07) is 14.1. The van der Waals surface area contributed by atoms with Gasteiger partial charge in [0.1, 0.15) is 5.69 Å². The van der Waals surface area contributed by atoms with Gasteiger partial charge in [-0.25, -0.2) is 0 Å². The van der Waals surface area contributed by atoms with Gasteiger partial charge in [-0.2, -0.15) is 0 Å². The van der Waals surface area contributed by atoms with Gasteiger partial charge in [-0.15, -0.1) is 0 Å². The maximum absolute atomic E-state index is 10.9. The van der Waals surface area contributed by atoms with Crippen molar-refractivity contribution in [2.75, 3.05) is 17.7 Å². The Kier molecular flexibility index (Phi) is 3.43. The maximum Gasteiger partial charge on any atom is 0.292 e. The Labute approximate surface area is 105 Å². The van der Waals surface area contributed by atoms with Gasteiger partial charge in [0.2, 0.25) is 0 Å². The lowest BCUT2D eigenvalue weighted by Gasteiger charge is -2.07. The molecule has 0 saturated carbocycles. The number of para-hydroxylation sites is 2. The highest BCUT2D eigenvalue weighted by molar-refractivity contribution is 5.70. The van der Waals surface area contributed by atoms with Gasteiger partial charge in [-0.1, -0.05) is 12.1 Å². The Balaban J connectivity index is 2.25. The Morgan fingerprint density at radius 2 is 1.61 bits per heavy atom. The number of nitro benzene ring substituents is 1. The summed E-state index contributed by atoms with van der Waals surface area (Å²) in [7, 11) is 1.84. The molecule has 0 atom stereocenters. The minimum Gasteiger partial charge on any atom is -0.388 e. The van der Waals surface area contributed by atoms with E-state index >= 15 is 0 Å². The molecule has 2 rings (SSSR count). The van der Waals surface area contributed by atoms with Crippen molar-refractivity contribution < 1.29 is 4.92 Å². The van der Waals surface area contributed by atoms with Crippen LogP contribution < -0.4 is 10.6 Å². The molecule has 0 unspecified atom stereocenters. The van der Waals surface area contributed by atoms with Crippen molar-refractivity contribution >= 4 is 22.7 Å². The monoisotopic (exact) mass is 243 g/mol. The zero-order chi connectivity index (χ0) is 13.0. The third-order valence-electron chi connectivity index (χ3n) is 2.55. The standard InChI is InChI=1S/C13H13N3O2/c1-14-10-6-8-11(9-7-10)15-12-4-2-3-5-13(12)16(17)18/h2-9,14-15H,1H3. The molecule has 0 fully saturated rings. The second-order valence-corrected chi connectivity index (χ2v) is 3.73. The van der Waals surface area contributed by atoms with E-state index in [4.69, 9.17) is 0 Å². The molecule has 0 aliphatic heterocycles. The van der Waals surface area contributed by atoms with E-state index in [1.807, 2.05) is 31.3 Å². The number of hydrogen-bond acceptors (Lipinski definition) is 4. The summed E-state index contributed by atoms with van der Waals surface area (Å²) in [4.78, 5) is 10.5. The summed E-state index contributed by atoms with van der Waals surface area (Å²) in [6.07, 6.45) is 0. The first-order valence-corrected chi connectivity index (χ1v) is 5.49. The average molecular weight is 243 g/mol. The average Bonchev–Trinajstić information content (AvgIpc) is 2.40. The first-order chi connectivity index (χ1) is 8.70. The van der Waals surface area contributed by atoms with E-state index in [2.05, 4.69) is 10.6 Å². The quantitative estimate of drug-likeness (QED) is 0.638. The molecule has 2 aromatic carbocycles. The van der Waals surface area contributed by atoms with E-state index in [9.17, 15) is 10.1 Å². The first-order valence-electron chi connectivity index (χ1n) is 5.49. The summed E-state index contributed by atoms with van der Waals surface area (Å²) < 4.78 is 0. The molecule has 2 N–H and O–H groups in total. The molecule has 2 aromatic rings. The van der Waals surface area contributed by atoms with Gasteiger partial charge in [-0.05, 0) is 30.3 Å². The lowest BCUT2D eigenvalue weighted by atomic mass is 10.2. The number of benzene rings is 2. The minimum absolute atomic E-state index is 0.0650. The van der Waals surface area contributed by atoms with Crippen LogP contribution in [-0.2, 0) is 0 Å². The number of hydrogen-bond donors (Lipinski definition) is 2. The van der Waals surface area contributed by atoms with Crippen LogP contribution in [0.2, 0.25) is 0 Å². The summed E-state index contributed by atoms with van der Waals surface area (Å²) in [5.41, 5.74) is 2.35. The Morgan fingerprint density at radius 1 is 1.00 bits per heavy atom. The number of nitrogens with zero attached hydrogens (tertiary/aromatic N) is 1. The summed E-state index contributed by atoms with van der Waals surface area (Å²) in [5, 5.41) is 16.9. The molecule has 0 saturated heterocycles. The molecule has 0 bridgehead atoms. The molecule has 0 aliphatic carbocycles. The van der Waals surface area contributed by atoms with E-state index in [0.29, 0.717) is 5.69 Å². The fourth-order valence-electron chi connectivity index (χ4n) is 1.61. The lowest BCUT2D eigenvalue weighted by molar-refractivity contribution is -0.383. The third kappa shape index (κ3) is 2.57. The van der Waals surface area contributed by atoms with Crippen molar-refractivity contribution in [3.63, 3.8) is 0 Å². The van der Waals surface area contributed by atoms with Crippen LogP contribution in [0.5, 0.6) is 0 Å². The van der Waals surface area contributed by atoms with Gasteiger partial charge in [0, 0.05) is 24.5 Å². The zero-order valence-corrected chi connectivity index (χ0v) is 9.88. The van der Waals surface area contributed by atoms with Crippen molar-refractivity contribution in [2.45, 2.75) is 0 Å². The second kappa shape index (κ2) is 5.18. The molecule has 0 spiro atoms. The molecule has 0 aliphatic rings. The summed E-state index contributed by atoms with van der Waals surface area (Å²) in [5.74, 6) is 0. The molecule has 18 heavy (non-hydrogen) atoms. The van der Waals surface area contributed by atoms with Crippen LogP contribution in [0.25, 0.3) is 0 Å². The molecule has 92 valence electrons. The molecule has 0 aromatic heterocycles. The van der Waals surface area contributed by atoms with Crippen LogP contribution in [0, 0.1) is 10.1 Å². The summed E-state index contributed by atoms with van der Waals surface area (Å²) in [6.45, 7) is 0. The minimum atomic E-state index is -0.399. The van der Waals surface area contributed by atoms with Crippen LogP contribution >= 0.6 is 0 Å². The van der Waals surface area contributed by atoms with Crippen LogP contribution in [-0.4, -0.2) is 12.0 Å². The van der Waals surface area contributed by atoms with Crippen molar-refractivity contribution in [1.82, 2.24) is 0 Å². The van der Waals surface area contributed by atoms with Gasteiger partial charge < -0.3 is 10.6 Å². The normalized spacial score (nSPS) is 9.83. The second-order valence-electron chi connectivity index (χ2n) is 3.73. The lowest BCUT2D eigenvalue weighted by Crippen LogP contribution is -1.96. The predicted octanol–water partition coefficient (Wildman–Crippen LogP) is 3.38. The highest BCUT2D eigenvalue weighted by Crippen LogP contribution is 2.27. The molecular weight excluding hydrogens is 230 g/mol. The molecule has 5 heteroatoms. The van der Waals surface area contributed by atoms with E-state index in [1.165, 1.54) is 6.07 Å². The van der Waals surface area contributed by atoms with Crippen molar-refractivity contribution in [3.05, 3.63) is 58.6 Å². The van der Waals surface area contributed by atoms with Crippen molar-refractivity contribution in [3.8, 4) is 0 Å². The Morgan fingerprint density at radius 3 is 2.22 bits per heavy atom. The molecule has 5 nitrogen and oxygen atoms in total. The third-order valence-corrected chi connectivity index (χ3v) is 2.55. The fraction of sp³-hybridized carbons (Fsp3) is 0.0769. The van der Waals surface area contributed by atoms with Crippen LogP contribution in [0.1, 0.15) is 0 Å². The number of rotatable bonds is 4. The van der Waals surface area contributed by atoms with Gasteiger partial charge in [0.25, 0.3) is 5.69 Å². The number of nitrogens with one attached hydrogen (secondary N) is 2. The fourth-order valence-corrected chi connectivity index (χ4v) is 1.61. The predicted molar refractivity (Wildman–Crippen MR) is 72.4 cm³/mol. The van der Waals surface area contributed by atoms with Crippen LogP contribution in [0.4, 0.5) is 22.7 Å². The summed E-state index contributed by atoms with van der Waals surface area (Å²) >= 11 is 0. The van der Waals surface area contributed by atoms with Crippen molar-refractivity contribution in [1.29, 1.82) is 0 Å². The maximum atomic E-state index is 10.9. The Hall–Kier alpha value is -2.56. The highest BCUT2D eigenvalue weighted by Gasteiger charge is 2.11. The van der Waals surface area contributed by atoms with E-state index in [1.54, 1.807) is 18.2 Å². The van der Waals surface area contributed by atoms with E-state index < -0.39 is 4.92 Å².